The van der Waals surface area contributed by atoms with Gasteiger partial charge in [0.05, 0.1) is 13.0 Å². The van der Waals surface area contributed by atoms with E-state index in [4.69, 9.17) is 24.5 Å². The van der Waals surface area contributed by atoms with E-state index in [0.29, 0.717) is 6.42 Å². The molecule has 2 heterocycles. The molecule has 0 radical (unpaired) electrons. The number of hydrogen-bond donors (Lipinski definition) is 2. The Labute approximate surface area is 218 Å². The van der Waals surface area contributed by atoms with Crippen LogP contribution >= 0.6 is 0 Å². The van der Waals surface area contributed by atoms with E-state index in [1.54, 1.807) is 12.4 Å². The maximum atomic E-state index is 12.6. The Morgan fingerprint density at radius 2 is 1.62 bits per heavy atom. The lowest BCUT2D eigenvalue weighted by Gasteiger charge is -2.35. The van der Waals surface area contributed by atoms with Crippen LogP contribution in [0.4, 0.5) is 0 Å². The number of ether oxygens (including phenoxy) is 1. The van der Waals surface area contributed by atoms with E-state index >= 15 is 0 Å². The number of carbonyl (C=O) groups excluding carboxylic acids is 1. The number of piperazine rings is 1. The highest BCUT2D eigenvalue weighted by molar-refractivity contribution is 6.27. The van der Waals surface area contributed by atoms with Crippen molar-refractivity contribution in [3.05, 3.63) is 59.9 Å². The number of carboxylic acid groups (broad SMARTS) is 2. The van der Waals surface area contributed by atoms with Gasteiger partial charge in [0.1, 0.15) is 5.75 Å². The van der Waals surface area contributed by atoms with E-state index in [-0.39, 0.29) is 5.91 Å². The van der Waals surface area contributed by atoms with Gasteiger partial charge in [-0.15, -0.1) is 0 Å². The van der Waals surface area contributed by atoms with Gasteiger partial charge in [-0.25, -0.2) is 9.59 Å². The number of hydrogen-bond acceptors (Lipinski definition) is 6. The molecule has 9 heteroatoms. The fourth-order valence-electron chi connectivity index (χ4n) is 4.76. The van der Waals surface area contributed by atoms with Gasteiger partial charge in [0.25, 0.3) is 0 Å². The van der Waals surface area contributed by atoms with Crippen LogP contribution in [0.3, 0.4) is 0 Å². The lowest BCUT2D eigenvalue weighted by Crippen LogP contribution is -2.48. The summed E-state index contributed by atoms with van der Waals surface area (Å²) in [5.74, 6) is -1.61. The largest absolute Gasteiger partial charge is 0.494 e. The number of carboxylic acids is 2. The van der Waals surface area contributed by atoms with Crippen molar-refractivity contribution in [2.45, 2.75) is 51.5 Å². The van der Waals surface area contributed by atoms with Crippen LogP contribution in [0.15, 0.2) is 48.8 Å². The standard InChI is InChI=1S/C26H35N3O2.C2H2O4/c30-26(19-23-9-5-12-27-20-23)29-15-13-28(14-16-29)21-24-8-4-10-25(18-24)31-17-11-22-6-2-1-3-7-22;3-1(4)2(5)6/h4-5,8-10,12,18,20,22H,1-3,6-7,11,13-17,19,21H2;(H,3,4)(H,5,6). The third-order valence-corrected chi connectivity index (χ3v) is 6.81. The summed E-state index contributed by atoms with van der Waals surface area (Å²) in [6.45, 7) is 5.13. The minimum atomic E-state index is -1.82. The number of amides is 1. The van der Waals surface area contributed by atoms with Crippen LogP contribution in [0, 0.1) is 5.92 Å². The molecule has 4 rings (SSSR count). The smallest absolute Gasteiger partial charge is 0.414 e. The molecule has 2 aromatic rings. The van der Waals surface area contributed by atoms with Crippen molar-refractivity contribution in [3.8, 4) is 5.75 Å². The van der Waals surface area contributed by atoms with Gasteiger partial charge in [0, 0.05) is 45.1 Å². The second kappa shape index (κ2) is 14.9. The third kappa shape index (κ3) is 10.2. The van der Waals surface area contributed by atoms with Gasteiger partial charge >= 0.3 is 11.9 Å². The fourth-order valence-corrected chi connectivity index (χ4v) is 4.76. The van der Waals surface area contributed by atoms with Gasteiger partial charge in [0.2, 0.25) is 5.91 Å². The molecule has 2 N–H and O–H groups in total. The fraction of sp³-hybridized carbons (Fsp3) is 0.500. The highest BCUT2D eigenvalue weighted by Gasteiger charge is 2.21. The summed E-state index contributed by atoms with van der Waals surface area (Å²) in [4.78, 5) is 39.3. The first-order valence-electron chi connectivity index (χ1n) is 13.0. The normalized spacial score (nSPS) is 16.4. The molecular formula is C28H37N3O6. The van der Waals surface area contributed by atoms with Crippen LogP contribution in [-0.2, 0) is 27.3 Å². The number of nitrogens with zero attached hydrogens (tertiary/aromatic N) is 3. The number of aliphatic carboxylic acids is 2. The van der Waals surface area contributed by atoms with Gasteiger partial charge in [0.15, 0.2) is 0 Å². The molecule has 37 heavy (non-hydrogen) atoms. The summed E-state index contributed by atoms with van der Waals surface area (Å²) in [5.41, 5.74) is 2.26. The molecule has 1 saturated heterocycles. The molecule has 2 aliphatic rings. The number of carbonyl (C=O) groups is 3. The molecular weight excluding hydrogens is 474 g/mol. The average Bonchev–Trinajstić information content (AvgIpc) is 2.91. The van der Waals surface area contributed by atoms with E-state index in [1.807, 2.05) is 17.0 Å². The van der Waals surface area contributed by atoms with Crippen LogP contribution in [-0.4, -0.2) is 75.6 Å². The molecule has 200 valence electrons. The topological polar surface area (TPSA) is 120 Å². The van der Waals surface area contributed by atoms with E-state index < -0.39 is 11.9 Å². The Hall–Kier alpha value is -3.46. The van der Waals surface area contributed by atoms with Crippen molar-refractivity contribution < 1.29 is 29.3 Å². The maximum absolute atomic E-state index is 12.6. The summed E-state index contributed by atoms with van der Waals surface area (Å²) in [6.07, 6.45) is 12.1. The van der Waals surface area contributed by atoms with Crippen LogP contribution in [0.5, 0.6) is 5.75 Å². The van der Waals surface area contributed by atoms with E-state index in [1.165, 1.54) is 44.1 Å². The van der Waals surface area contributed by atoms with Crippen molar-refractivity contribution in [2.75, 3.05) is 32.8 Å². The van der Waals surface area contributed by atoms with Gasteiger partial charge in [-0.05, 0) is 41.7 Å². The molecule has 1 amide bonds. The predicted octanol–water partition coefficient (Wildman–Crippen LogP) is 3.47. The van der Waals surface area contributed by atoms with Crippen molar-refractivity contribution in [1.82, 2.24) is 14.8 Å². The molecule has 2 fully saturated rings. The van der Waals surface area contributed by atoms with Crippen molar-refractivity contribution in [1.29, 1.82) is 0 Å². The SMILES string of the molecule is O=C(Cc1cccnc1)N1CCN(Cc2cccc(OCCC3CCCCC3)c2)CC1.O=C(O)C(=O)O. The molecule has 0 unspecified atom stereocenters. The van der Waals surface area contributed by atoms with Crippen molar-refractivity contribution in [3.63, 3.8) is 0 Å². The van der Waals surface area contributed by atoms with Gasteiger partial charge in [-0.1, -0.05) is 50.3 Å². The van der Waals surface area contributed by atoms with E-state index in [0.717, 1.165) is 56.6 Å². The van der Waals surface area contributed by atoms with Crippen LogP contribution in [0.2, 0.25) is 0 Å². The maximum Gasteiger partial charge on any atom is 0.414 e. The molecule has 0 bridgehead atoms. The Balaban J connectivity index is 0.000000568. The zero-order valence-electron chi connectivity index (χ0n) is 21.3. The second-order valence-electron chi connectivity index (χ2n) is 9.59. The number of pyridine rings is 1. The average molecular weight is 512 g/mol. The highest BCUT2D eigenvalue weighted by Crippen LogP contribution is 2.26. The molecule has 1 saturated carbocycles. The number of aromatic nitrogens is 1. The Kier molecular flexibility index (Phi) is 11.4. The molecule has 0 atom stereocenters. The summed E-state index contributed by atoms with van der Waals surface area (Å²) < 4.78 is 6.07. The molecule has 0 spiro atoms. The molecule has 1 aliphatic heterocycles. The van der Waals surface area contributed by atoms with Gasteiger partial charge < -0.3 is 19.8 Å². The lowest BCUT2D eigenvalue weighted by atomic mass is 9.87. The molecule has 1 aromatic heterocycles. The Bertz CT molecular complexity index is 990. The first-order valence-corrected chi connectivity index (χ1v) is 13.0. The highest BCUT2D eigenvalue weighted by atomic mass is 16.5. The third-order valence-electron chi connectivity index (χ3n) is 6.81. The van der Waals surface area contributed by atoms with Crippen molar-refractivity contribution >= 4 is 17.8 Å². The monoisotopic (exact) mass is 511 g/mol. The quantitative estimate of drug-likeness (QED) is 0.517. The first-order chi connectivity index (χ1) is 17.9. The zero-order valence-corrected chi connectivity index (χ0v) is 21.3. The number of rotatable bonds is 8. The van der Waals surface area contributed by atoms with E-state index in [2.05, 4.69) is 34.1 Å². The summed E-state index contributed by atoms with van der Waals surface area (Å²) in [5, 5.41) is 14.8. The Morgan fingerprint density at radius 1 is 0.919 bits per heavy atom. The van der Waals surface area contributed by atoms with Crippen LogP contribution in [0.25, 0.3) is 0 Å². The molecule has 1 aromatic carbocycles. The Morgan fingerprint density at radius 3 is 2.27 bits per heavy atom. The summed E-state index contributed by atoms with van der Waals surface area (Å²) in [7, 11) is 0. The van der Waals surface area contributed by atoms with Gasteiger partial charge in [-0.3, -0.25) is 14.7 Å². The second-order valence-corrected chi connectivity index (χ2v) is 9.59. The summed E-state index contributed by atoms with van der Waals surface area (Å²) >= 11 is 0. The minimum Gasteiger partial charge on any atom is -0.494 e. The lowest BCUT2D eigenvalue weighted by molar-refractivity contribution is -0.159. The predicted molar refractivity (Wildman–Crippen MR) is 138 cm³/mol. The van der Waals surface area contributed by atoms with Crippen LogP contribution < -0.4 is 4.74 Å². The van der Waals surface area contributed by atoms with Crippen molar-refractivity contribution in [2.24, 2.45) is 5.92 Å². The first kappa shape index (κ1) is 28.1. The van der Waals surface area contributed by atoms with E-state index in [9.17, 15) is 4.79 Å². The summed E-state index contributed by atoms with van der Waals surface area (Å²) in [6, 6.07) is 12.4. The molecule has 9 nitrogen and oxygen atoms in total. The molecule has 1 aliphatic carbocycles. The van der Waals surface area contributed by atoms with Crippen LogP contribution in [0.1, 0.15) is 49.7 Å². The zero-order chi connectivity index (χ0) is 26.5. The minimum absolute atomic E-state index is 0.195. The number of benzene rings is 1. The van der Waals surface area contributed by atoms with Gasteiger partial charge in [-0.2, -0.15) is 0 Å².